The minimum atomic E-state index is -2.17. The Kier molecular flexibility index (Phi) is 7.01. The third-order valence-corrected chi connectivity index (χ3v) is 9.91. The number of benzene rings is 1. The van der Waals surface area contributed by atoms with Crippen molar-refractivity contribution in [1.29, 1.82) is 0 Å². The maximum absolute atomic E-state index is 13.0. The van der Waals surface area contributed by atoms with Gasteiger partial charge in [-0.15, -0.1) is 6.58 Å². The maximum Gasteiger partial charge on any atom is 0.416 e. The molecule has 2 atom stereocenters. The molecule has 1 heterocycles. The van der Waals surface area contributed by atoms with Crippen molar-refractivity contribution in [3.05, 3.63) is 54.6 Å². The van der Waals surface area contributed by atoms with Gasteiger partial charge in [-0.25, -0.2) is 9.69 Å². The molecule has 2 rings (SSSR count). The molecule has 0 bridgehead atoms. The molecule has 0 aromatic heterocycles. The second kappa shape index (κ2) is 8.88. The molecule has 0 unspecified atom stereocenters. The zero-order valence-corrected chi connectivity index (χ0v) is 18.5. The highest BCUT2D eigenvalue weighted by molar-refractivity contribution is 6.74. The number of hydrogen-bond donors (Lipinski definition) is 0. The number of cyclic esters (lactones) is 1. The lowest BCUT2D eigenvalue weighted by atomic mass is 9.99. The molecule has 1 aromatic rings. The molecule has 0 aliphatic carbocycles. The Bertz CT molecular complexity index is 737. The Hall–Kier alpha value is -2.18. The first kappa shape index (κ1) is 22.1. The highest BCUT2D eigenvalue weighted by atomic mass is 28.4. The first-order chi connectivity index (χ1) is 13.1. The quantitative estimate of drug-likeness (QED) is 0.483. The van der Waals surface area contributed by atoms with Crippen LogP contribution in [0.1, 0.15) is 26.3 Å². The maximum atomic E-state index is 13.0. The van der Waals surface area contributed by atoms with Crippen molar-refractivity contribution < 1.29 is 18.8 Å². The molecule has 1 fully saturated rings. The molecule has 1 aliphatic rings. The summed E-state index contributed by atoms with van der Waals surface area (Å²) < 4.78 is 11.5. The summed E-state index contributed by atoms with van der Waals surface area (Å²) in [5, 5.41) is -0.0207. The van der Waals surface area contributed by atoms with E-state index in [1.807, 2.05) is 42.5 Å². The van der Waals surface area contributed by atoms with Crippen molar-refractivity contribution in [2.24, 2.45) is 5.92 Å². The minimum absolute atomic E-state index is 0.0207. The zero-order chi connectivity index (χ0) is 20.9. The number of hydrogen-bond acceptors (Lipinski definition) is 4. The Balaban J connectivity index is 2.34. The first-order valence-corrected chi connectivity index (χ1v) is 12.5. The number of rotatable bonds is 7. The highest BCUT2D eigenvalue weighted by Crippen LogP contribution is 2.38. The van der Waals surface area contributed by atoms with E-state index in [1.165, 1.54) is 0 Å². The number of carbonyl (C=O) groups is 2. The molecule has 1 aliphatic heterocycles. The molecular formula is C22H31NO4Si. The fourth-order valence-electron chi connectivity index (χ4n) is 2.67. The van der Waals surface area contributed by atoms with Gasteiger partial charge in [-0.2, -0.15) is 0 Å². The monoisotopic (exact) mass is 401 g/mol. The number of ether oxygens (including phenoxy) is 1. The summed E-state index contributed by atoms with van der Waals surface area (Å²) in [7, 11) is -2.17. The summed E-state index contributed by atoms with van der Waals surface area (Å²) in [4.78, 5) is 26.1. The van der Waals surface area contributed by atoms with Crippen LogP contribution in [0, 0.1) is 5.92 Å². The molecule has 5 nitrogen and oxygen atoms in total. The van der Waals surface area contributed by atoms with Gasteiger partial charge in [0, 0.05) is 0 Å². The molecular weight excluding hydrogens is 370 g/mol. The summed E-state index contributed by atoms with van der Waals surface area (Å²) >= 11 is 0. The summed E-state index contributed by atoms with van der Waals surface area (Å²) in [5.41, 5.74) is 1.02. The third kappa shape index (κ3) is 5.20. The van der Waals surface area contributed by atoms with Crippen LogP contribution in [0.15, 0.2) is 49.1 Å². The summed E-state index contributed by atoms with van der Waals surface area (Å²) in [6, 6.07) is 9.85. The van der Waals surface area contributed by atoms with Crippen LogP contribution in [0.3, 0.4) is 0 Å². The van der Waals surface area contributed by atoms with Crippen molar-refractivity contribution >= 4 is 26.4 Å². The van der Waals surface area contributed by atoms with Crippen molar-refractivity contribution in [2.45, 2.75) is 45.0 Å². The molecule has 6 heteroatoms. The lowest BCUT2D eigenvalue weighted by molar-refractivity contribution is -0.132. The van der Waals surface area contributed by atoms with E-state index in [4.69, 9.17) is 9.16 Å². The molecule has 0 spiro atoms. The van der Waals surface area contributed by atoms with Crippen molar-refractivity contribution in [3.63, 3.8) is 0 Å². The summed E-state index contributed by atoms with van der Waals surface area (Å²) in [5.74, 6) is -1.00. The molecule has 0 saturated carbocycles. The number of amides is 2. The van der Waals surface area contributed by atoms with Crippen LogP contribution >= 0.6 is 0 Å². The van der Waals surface area contributed by atoms with Crippen LogP contribution in [-0.2, 0) is 14.0 Å². The van der Waals surface area contributed by atoms with Gasteiger partial charge in [-0.3, -0.25) is 4.79 Å². The van der Waals surface area contributed by atoms with E-state index in [2.05, 4.69) is 40.4 Å². The molecule has 0 radical (unpaired) electrons. The van der Waals surface area contributed by atoms with Gasteiger partial charge in [0.05, 0.1) is 18.6 Å². The highest BCUT2D eigenvalue weighted by Gasteiger charge is 2.42. The third-order valence-electron chi connectivity index (χ3n) is 5.43. The number of imide groups is 1. The summed E-state index contributed by atoms with van der Waals surface area (Å²) in [6.07, 6.45) is 4.31. The standard InChI is InChI=1S/C22H31NO4Si/c1-7-18(20(24)23-15-16-26-21(23)25)19(27-28(5,6)22(2,3)4)14-13-17-11-9-8-10-12-17/h7-14,18-19H,1,15-16H2,2-6H3/b14-13+/t18-,19-/m1/s1. The Labute approximate surface area is 169 Å². The largest absolute Gasteiger partial charge is 0.447 e. The zero-order valence-electron chi connectivity index (χ0n) is 17.5. The molecule has 1 aromatic carbocycles. The Morgan fingerprint density at radius 1 is 1.29 bits per heavy atom. The van der Waals surface area contributed by atoms with Crippen molar-refractivity contribution in [3.8, 4) is 0 Å². The summed E-state index contributed by atoms with van der Waals surface area (Å²) in [6.45, 7) is 15.1. The second-order valence-electron chi connectivity index (χ2n) is 8.48. The average molecular weight is 402 g/mol. The fraction of sp³-hybridized carbons (Fsp3) is 0.455. The second-order valence-corrected chi connectivity index (χ2v) is 13.2. The van der Waals surface area contributed by atoms with E-state index in [1.54, 1.807) is 6.08 Å². The van der Waals surface area contributed by atoms with Gasteiger partial charge in [0.2, 0.25) is 5.91 Å². The van der Waals surface area contributed by atoms with E-state index in [9.17, 15) is 9.59 Å². The van der Waals surface area contributed by atoms with Gasteiger partial charge >= 0.3 is 6.09 Å². The van der Waals surface area contributed by atoms with Crippen LogP contribution in [0.25, 0.3) is 6.08 Å². The normalized spacial score (nSPS) is 17.5. The predicted octanol–water partition coefficient (Wildman–Crippen LogP) is 4.87. The average Bonchev–Trinajstić information content (AvgIpc) is 3.05. The van der Waals surface area contributed by atoms with Crippen LogP contribution in [0.5, 0.6) is 0 Å². The molecule has 28 heavy (non-hydrogen) atoms. The van der Waals surface area contributed by atoms with E-state index < -0.39 is 26.4 Å². The van der Waals surface area contributed by atoms with Crippen LogP contribution in [0.4, 0.5) is 4.79 Å². The first-order valence-electron chi connectivity index (χ1n) is 9.58. The van der Waals surface area contributed by atoms with Gasteiger partial charge in [0.25, 0.3) is 0 Å². The Morgan fingerprint density at radius 2 is 1.93 bits per heavy atom. The van der Waals surface area contributed by atoms with Crippen molar-refractivity contribution in [1.82, 2.24) is 4.90 Å². The van der Waals surface area contributed by atoms with Gasteiger partial charge < -0.3 is 9.16 Å². The molecule has 1 saturated heterocycles. The molecule has 0 N–H and O–H groups in total. The van der Waals surface area contributed by atoms with E-state index in [0.717, 1.165) is 10.5 Å². The van der Waals surface area contributed by atoms with Crippen LogP contribution in [0.2, 0.25) is 18.1 Å². The van der Waals surface area contributed by atoms with Gasteiger partial charge in [-0.05, 0) is 23.7 Å². The predicted molar refractivity (Wildman–Crippen MR) is 114 cm³/mol. The van der Waals surface area contributed by atoms with Crippen molar-refractivity contribution in [2.75, 3.05) is 13.2 Å². The van der Waals surface area contributed by atoms with E-state index >= 15 is 0 Å². The van der Waals surface area contributed by atoms with Gasteiger partial charge in [-0.1, -0.05) is 69.3 Å². The minimum Gasteiger partial charge on any atom is -0.447 e. The van der Waals surface area contributed by atoms with Crippen LogP contribution < -0.4 is 0 Å². The molecule has 152 valence electrons. The SMILES string of the molecule is C=C[C@@H](C(=O)N1CCOC1=O)[C@@H](/C=C/c1ccccc1)O[Si](C)(C)C(C)(C)C. The van der Waals surface area contributed by atoms with Gasteiger partial charge in [0.1, 0.15) is 6.61 Å². The van der Waals surface area contributed by atoms with E-state index in [0.29, 0.717) is 0 Å². The molecule has 2 amide bonds. The van der Waals surface area contributed by atoms with Gasteiger partial charge in [0.15, 0.2) is 8.32 Å². The topological polar surface area (TPSA) is 55.8 Å². The van der Waals surface area contributed by atoms with Crippen LogP contribution in [-0.4, -0.2) is 44.5 Å². The lowest BCUT2D eigenvalue weighted by Gasteiger charge is -2.40. The Morgan fingerprint density at radius 3 is 2.43 bits per heavy atom. The number of carbonyl (C=O) groups excluding carboxylic acids is 2. The number of nitrogens with zero attached hydrogens (tertiary/aromatic N) is 1. The fourth-order valence-corrected chi connectivity index (χ4v) is 3.93. The van der Waals surface area contributed by atoms with E-state index in [-0.39, 0.29) is 24.1 Å². The smallest absolute Gasteiger partial charge is 0.416 e. The lowest BCUT2D eigenvalue weighted by Crippen LogP contribution is -2.48.